The molecule has 1 aliphatic rings. The zero-order valence-electron chi connectivity index (χ0n) is 9.67. The summed E-state index contributed by atoms with van der Waals surface area (Å²) in [6.45, 7) is 2.03. The van der Waals surface area contributed by atoms with Crippen LogP contribution in [0.15, 0.2) is 24.3 Å². The van der Waals surface area contributed by atoms with Crippen LogP contribution >= 0.6 is 0 Å². The predicted octanol–water partition coefficient (Wildman–Crippen LogP) is 3.55. The van der Waals surface area contributed by atoms with Crippen molar-refractivity contribution in [2.75, 3.05) is 0 Å². The number of benzene rings is 1. The standard InChI is InChI=1S/C13H16F3N/c1-2-10-11(7-12(10)17)8-4-3-5-9(6-8)13(14,15)16/h3-6,10-12H,2,7,17H2,1H3. The van der Waals surface area contributed by atoms with Crippen molar-refractivity contribution < 1.29 is 13.2 Å². The lowest BCUT2D eigenvalue weighted by molar-refractivity contribution is -0.137. The van der Waals surface area contributed by atoms with Gasteiger partial charge in [0.15, 0.2) is 0 Å². The van der Waals surface area contributed by atoms with E-state index < -0.39 is 11.7 Å². The maximum absolute atomic E-state index is 12.6. The van der Waals surface area contributed by atoms with Crippen LogP contribution in [0.1, 0.15) is 36.8 Å². The minimum Gasteiger partial charge on any atom is -0.327 e. The summed E-state index contributed by atoms with van der Waals surface area (Å²) in [6, 6.07) is 5.77. The first-order valence-corrected chi connectivity index (χ1v) is 5.86. The van der Waals surface area contributed by atoms with Crippen LogP contribution in [-0.4, -0.2) is 6.04 Å². The summed E-state index contributed by atoms with van der Waals surface area (Å²) < 4.78 is 37.8. The molecule has 1 fully saturated rings. The summed E-state index contributed by atoms with van der Waals surface area (Å²) in [7, 11) is 0. The molecule has 0 heterocycles. The highest BCUT2D eigenvalue weighted by atomic mass is 19.4. The van der Waals surface area contributed by atoms with Gasteiger partial charge in [-0.15, -0.1) is 0 Å². The van der Waals surface area contributed by atoms with Crippen molar-refractivity contribution in [3.05, 3.63) is 35.4 Å². The van der Waals surface area contributed by atoms with Crippen LogP contribution in [0, 0.1) is 5.92 Å². The molecule has 2 rings (SSSR count). The van der Waals surface area contributed by atoms with Crippen LogP contribution in [0.25, 0.3) is 0 Å². The smallest absolute Gasteiger partial charge is 0.327 e. The van der Waals surface area contributed by atoms with E-state index in [1.54, 1.807) is 6.07 Å². The summed E-state index contributed by atoms with van der Waals surface area (Å²) >= 11 is 0. The minimum absolute atomic E-state index is 0.138. The second kappa shape index (κ2) is 4.33. The normalized spacial score (nSPS) is 28.9. The van der Waals surface area contributed by atoms with Gasteiger partial charge in [0.25, 0.3) is 0 Å². The average Bonchev–Trinajstić information content (AvgIpc) is 2.25. The third-order valence-corrected chi connectivity index (χ3v) is 3.71. The van der Waals surface area contributed by atoms with E-state index in [9.17, 15) is 13.2 Å². The Morgan fingerprint density at radius 2 is 2.06 bits per heavy atom. The Hall–Kier alpha value is -1.03. The first-order chi connectivity index (χ1) is 7.93. The fraction of sp³-hybridized carbons (Fsp3) is 0.538. The third kappa shape index (κ3) is 2.32. The van der Waals surface area contributed by atoms with E-state index in [1.165, 1.54) is 12.1 Å². The maximum atomic E-state index is 12.6. The monoisotopic (exact) mass is 243 g/mol. The van der Waals surface area contributed by atoms with Crippen LogP contribution < -0.4 is 5.73 Å². The third-order valence-electron chi connectivity index (χ3n) is 3.71. The maximum Gasteiger partial charge on any atom is 0.416 e. The SMILES string of the molecule is CCC1C(N)CC1c1cccc(C(F)(F)F)c1. The molecule has 1 saturated carbocycles. The van der Waals surface area contributed by atoms with Gasteiger partial charge in [0, 0.05) is 6.04 Å². The molecule has 94 valence electrons. The highest BCUT2D eigenvalue weighted by Crippen LogP contribution is 2.44. The lowest BCUT2D eigenvalue weighted by Gasteiger charge is -2.43. The Morgan fingerprint density at radius 1 is 1.35 bits per heavy atom. The van der Waals surface area contributed by atoms with Crippen LogP contribution in [-0.2, 0) is 6.18 Å². The molecule has 0 aliphatic heterocycles. The fourth-order valence-electron chi connectivity index (χ4n) is 2.66. The number of halogens is 3. The highest BCUT2D eigenvalue weighted by molar-refractivity contribution is 5.31. The van der Waals surface area contributed by atoms with Gasteiger partial charge in [-0.2, -0.15) is 13.2 Å². The average molecular weight is 243 g/mol. The van der Waals surface area contributed by atoms with E-state index in [0.29, 0.717) is 5.92 Å². The van der Waals surface area contributed by atoms with Gasteiger partial charge in [0.05, 0.1) is 5.56 Å². The second-order valence-corrected chi connectivity index (χ2v) is 4.70. The molecule has 2 N–H and O–H groups in total. The van der Waals surface area contributed by atoms with Gasteiger partial charge in [-0.3, -0.25) is 0 Å². The summed E-state index contributed by atoms with van der Waals surface area (Å²) in [6.07, 6.45) is -2.55. The molecule has 0 spiro atoms. The molecule has 1 aliphatic carbocycles. The Kier molecular flexibility index (Phi) is 3.17. The number of nitrogens with two attached hydrogens (primary N) is 1. The molecule has 0 amide bonds. The summed E-state index contributed by atoms with van der Waals surface area (Å²) in [4.78, 5) is 0. The van der Waals surface area contributed by atoms with Crippen molar-refractivity contribution in [3.8, 4) is 0 Å². The molecular weight excluding hydrogens is 227 g/mol. The van der Waals surface area contributed by atoms with E-state index in [2.05, 4.69) is 0 Å². The lowest BCUT2D eigenvalue weighted by Crippen LogP contribution is -2.45. The molecule has 4 heteroatoms. The number of alkyl halides is 3. The highest BCUT2D eigenvalue weighted by Gasteiger charge is 2.39. The molecule has 0 bridgehead atoms. The molecule has 0 saturated heterocycles. The number of hydrogen-bond acceptors (Lipinski definition) is 1. The summed E-state index contributed by atoms with van der Waals surface area (Å²) in [5.74, 6) is 0.510. The lowest BCUT2D eigenvalue weighted by atomic mass is 9.65. The number of rotatable bonds is 2. The van der Waals surface area contributed by atoms with Crippen molar-refractivity contribution in [3.63, 3.8) is 0 Å². The minimum atomic E-state index is -4.26. The molecule has 17 heavy (non-hydrogen) atoms. The van der Waals surface area contributed by atoms with Crippen LogP contribution in [0.3, 0.4) is 0 Å². The quantitative estimate of drug-likeness (QED) is 0.844. The second-order valence-electron chi connectivity index (χ2n) is 4.70. The first kappa shape index (κ1) is 12.4. The van der Waals surface area contributed by atoms with Gasteiger partial charge in [0.1, 0.15) is 0 Å². The molecule has 1 aromatic rings. The fourth-order valence-corrected chi connectivity index (χ4v) is 2.66. The largest absolute Gasteiger partial charge is 0.416 e. The van der Waals surface area contributed by atoms with Gasteiger partial charge in [-0.05, 0) is 29.9 Å². The topological polar surface area (TPSA) is 26.0 Å². The van der Waals surface area contributed by atoms with E-state index in [0.717, 1.165) is 24.5 Å². The zero-order valence-corrected chi connectivity index (χ0v) is 9.67. The first-order valence-electron chi connectivity index (χ1n) is 5.86. The summed E-state index contributed by atoms with van der Waals surface area (Å²) in [5, 5.41) is 0. The van der Waals surface area contributed by atoms with Crippen molar-refractivity contribution in [2.24, 2.45) is 11.7 Å². The Balaban J connectivity index is 2.23. The predicted molar refractivity (Wildman–Crippen MR) is 60.6 cm³/mol. The Labute approximate surface area is 98.8 Å². The Bertz CT molecular complexity index is 400. The van der Waals surface area contributed by atoms with Crippen molar-refractivity contribution in [1.82, 2.24) is 0 Å². The molecular formula is C13H16F3N. The van der Waals surface area contributed by atoms with Crippen LogP contribution in [0.2, 0.25) is 0 Å². The van der Waals surface area contributed by atoms with Crippen molar-refractivity contribution in [1.29, 1.82) is 0 Å². The van der Waals surface area contributed by atoms with E-state index in [4.69, 9.17) is 5.73 Å². The van der Waals surface area contributed by atoms with Gasteiger partial charge in [-0.1, -0.05) is 31.5 Å². The number of hydrogen-bond donors (Lipinski definition) is 1. The molecule has 3 unspecified atom stereocenters. The van der Waals surface area contributed by atoms with E-state index in [1.807, 2.05) is 6.92 Å². The van der Waals surface area contributed by atoms with Gasteiger partial charge < -0.3 is 5.73 Å². The van der Waals surface area contributed by atoms with Crippen LogP contribution in [0.5, 0.6) is 0 Å². The van der Waals surface area contributed by atoms with E-state index in [-0.39, 0.29) is 12.0 Å². The van der Waals surface area contributed by atoms with Crippen LogP contribution in [0.4, 0.5) is 13.2 Å². The molecule has 1 nitrogen and oxygen atoms in total. The molecule has 3 atom stereocenters. The van der Waals surface area contributed by atoms with Crippen molar-refractivity contribution in [2.45, 2.75) is 37.9 Å². The molecule has 0 radical (unpaired) electrons. The van der Waals surface area contributed by atoms with E-state index >= 15 is 0 Å². The van der Waals surface area contributed by atoms with Gasteiger partial charge in [0.2, 0.25) is 0 Å². The van der Waals surface area contributed by atoms with Gasteiger partial charge >= 0.3 is 6.18 Å². The van der Waals surface area contributed by atoms with Gasteiger partial charge in [-0.25, -0.2) is 0 Å². The molecule has 1 aromatic carbocycles. The zero-order chi connectivity index (χ0) is 12.6. The van der Waals surface area contributed by atoms with Crippen molar-refractivity contribution >= 4 is 0 Å². The Morgan fingerprint density at radius 3 is 2.59 bits per heavy atom. The molecule has 0 aromatic heterocycles. The summed E-state index contributed by atoms with van der Waals surface area (Å²) in [5.41, 5.74) is 6.07.